The second-order valence-electron chi connectivity index (χ2n) is 3.81. The second-order valence-corrected chi connectivity index (χ2v) is 4.67. The Labute approximate surface area is 98.4 Å². The number of amides is 1. The van der Waals surface area contributed by atoms with E-state index in [4.69, 9.17) is 0 Å². The highest BCUT2D eigenvalue weighted by Crippen LogP contribution is 2.08. The van der Waals surface area contributed by atoms with E-state index in [9.17, 15) is 9.90 Å². The van der Waals surface area contributed by atoms with Crippen molar-refractivity contribution in [1.29, 1.82) is 0 Å². The summed E-state index contributed by atoms with van der Waals surface area (Å²) >= 11 is 1.54. The number of nitrogens with zero attached hydrogens (tertiary/aromatic N) is 3. The quantitative estimate of drug-likeness (QED) is 0.706. The number of carbonyl (C=O) groups is 1. The van der Waals surface area contributed by atoms with Gasteiger partial charge in [-0.05, 0) is 13.2 Å². The van der Waals surface area contributed by atoms with E-state index < -0.39 is 5.60 Å². The van der Waals surface area contributed by atoms with Crippen molar-refractivity contribution in [3.63, 3.8) is 0 Å². The molecule has 1 atom stereocenters. The number of nitrogens with one attached hydrogen (secondary N) is 1. The molecule has 16 heavy (non-hydrogen) atoms. The van der Waals surface area contributed by atoms with Crippen LogP contribution in [0, 0.1) is 0 Å². The summed E-state index contributed by atoms with van der Waals surface area (Å²) < 4.78 is 1.43. The second kappa shape index (κ2) is 5.86. The molecule has 6 nitrogen and oxygen atoms in total. The molecule has 0 fully saturated rings. The average molecular weight is 244 g/mol. The van der Waals surface area contributed by atoms with Gasteiger partial charge in [-0.2, -0.15) is 11.8 Å². The third-order valence-electron chi connectivity index (χ3n) is 1.90. The number of aliphatic hydroxyl groups is 1. The first-order valence-corrected chi connectivity index (χ1v) is 6.25. The highest BCUT2D eigenvalue weighted by Gasteiger charge is 2.20. The normalized spacial score (nSPS) is 14.4. The van der Waals surface area contributed by atoms with Crippen LogP contribution in [-0.4, -0.2) is 50.2 Å². The number of hydrogen-bond acceptors (Lipinski definition) is 5. The van der Waals surface area contributed by atoms with E-state index in [2.05, 4.69) is 15.6 Å². The lowest BCUT2D eigenvalue weighted by Gasteiger charge is -2.22. The number of thioether (sulfide) groups is 1. The van der Waals surface area contributed by atoms with Crippen LogP contribution in [0.5, 0.6) is 0 Å². The van der Waals surface area contributed by atoms with Crippen LogP contribution in [0.15, 0.2) is 12.4 Å². The molecule has 1 rings (SSSR count). The smallest absolute Gasteiger partial charge is 0.241 e. The molecular formula is C9H16N4O2S. The van der Waals surface area contributed by atoms with Gasteiger partial charge in [-0.25, -0.2) is 4.68 Å². The zero-order valence-corrected chi connectivity index (χ0v) is 10.2. The van der Waals surface area contributed by atoms with Crippen LogP contribution in [0.2, 0.25) is 0 Å². The fraction of sp³-hybridized carbons (Fsp3) is 0.667. The van der Waals surface area contributed by atoms with Crippen LogP contribution >= 0.6 is 11.8 Å². The molecule has 2 N–H and O–H groups in total. The predicted molar refractivity (Wildman–Crippen MR) is 62.0 cm³/mol. The molecule has 1 unspecified atom stereocenters. The van der Waals surface area contributed by atoms with Gasteiger partial charge in [-0.15, -0.1) is 5.10 Å². The van der Waals surface area contributed by atoms with Crippen molar-refractivity contribution in [2.75, 3.05) is 18.6 Å². The van der Waals surface area contributed by atoms with Crippen molar-refractivity contribution in [2.24, 2.45) is 0 Å². The summed E-state index contributed by atoms with van der Waals surface area (Å²) in [7, 11) is 0. The molecule has 0 aliphatic heterocycles. The number of carbonyl (C=O) groups excluding carboxylic acids is 1. The summed E-state index contributed by atoms with van der Waals surface area (Å²) in [4.78, 5) is 11.4. The standard InChI is InChI=1S/C9H16N4O2S/c1-9(15,7-16-2)6-10-8(14)5-13-4-3-11-12-13/h3-4,15H,5-7H2,1-2H3,(H,10,14). The molecule has 0 aromatic carbocycles. The Morgan fingerprint density at radius 1 is 1.69 bits per heavy atom. The van der Waals surface area contributed by atoms with Crippen LogP contribution in [0.4, 0.5) is 0 Å². The third kappa shape index (κ3) is 4.63. The maximum absolute atomic E-state index is 11.4. The Bertz CT molecular complexity index is 326. The van der Waals surface area contributed by atoms with Gasteiger partial charge in [0.05, 0.1) is 11.8 Å². The Kier molecular flexibility index (Phi) is 4.75. The first-order valence-electron chi connectivity index (χ1n) is 4.85. The zero-order chi connectivity index (χ0) is 12.0. The van der Waals surface area contributed by atoms with E-state index in [0.29, 0.717) is 5.75 Å². The molecule has 0 aliphatic rings. The molecule has 1 heterocycles. The average Bonchev–Trinajstić information content (AvgIpc) is 2.68. The van der Waals surface area contributed by atoms with Crippen molar-refractivity contribution in [2.45, 2.75) is 19.1 Å². The molecule has 1 aromatic rings. The minimum atomic E-state index is -0.878. The van der Waals surface area contributed by atoms with E-state index in [0.717, 1.165) is 0 Å². The first-order chi connectivity index (χ1) is 7.53. The molecule has 1 aromatic heterocycles. The van der Waals surface area contributed by atoms with Gasteiger partial charge >= 0.3 is 0 Å². The summed E-state index contributed by atoms with van der Waals surface area (Å²) in [5.41, 5.74) is -0.878. The highest BCUT2D eigenvalue weighted by atomic mass is 32.2. The molecule has 1 amide bonds. The van der Waals surface area contributed by atoms with Gasteiger partial charge < -0.3 is 10.4 Å². The van der Waals surface area contributed by atoms with E-state index in [1.807, 2.05) is 6.26 Å². The minimum absolute atomic E-state index is 0.120. The van der Waals surface area contributed by atoms with Gasteiger partial charge in [0.1, 0.15) is 6.54 Å². The van der Waals surface area contributed by atoms with Crippen LogP contribution < -0.4 is 5.32 Å². The SMILES string of the molecule is CSCC(C)(O)CNC(=O)Cn1ccnn1. The fourth-order valence-electron chi connectivity index (χ4n) is 1.17. The number of rotatable bonds is 6. The van der Waals surface area contributed by atoms with Gasteiger partial charge in [0.2, 0.25) is 5.91 Å². The summed E-state index contributed by atoms with van der Waals surface area (Å²) in [5, 5.41) is 19.7. The van der Waals surface area contributed by atoms with Crippen LogP contribution in [0.3, 0.4) is 0 Å². The monoisotopic (exact) mass is 244 g/mol. The topological polar surface area (TPSA) is 80.0 Å². The van der Waals surface area contributed by atoms with Crippen molar-refractivity contribution in [3.8, 4) is 0 Å². The molecule has 90 valence electrons. The molecule has 0 saturated carbocycles. The van der Waals surface area contributed by atoms with Crippen molar-refractivity contribution >= 4 is 17.7 Å². The van der Waals surface area contributed by atoms with Gasteiger partial charge in [0.15, 0.2) is 0 Å². The molecule has 0 spiro atoms. The summed E-state index contributed by atoms with van der Waals surface area (Å²) in [6.07, 6.45) is 5.03. The molecular weight excluding hydrogens is 228 g/mol. The van der Waals surface area contributed by atoms with E-state index in [-0.39, 0.29) is 19.0 Å². The van der Waals surface area contributed by atoms with Gasteiger partial charge in [0, 0.05) is 18.5 Å². The maximum Gasteiger partial charge on any atom is 0.241 e. The fourth-order valence-corrected chi connectivity index (χ4v) is 1.90. The van der Waals surface area contributed by atoms with E-state index in [1.54, 1.807) is 13.1 Å². The molecule has 0 radical (unpaired) electrons. The Hall–Kier alpha value is -1.08. The molecule has 0 aliphatic carbocycles. The van der Waals surface area contributed by atoms with E-state index >= 15 is 0 Å². The summed E-state index contributed by atoms with van der Waals surface area (Å²) in [6, 6.07) is 0. The predicted octanol–water partition coefficient (Wildman–Crippen LogP) is -0.492. The summed E-state index contributed by atoms with van der Waals surface area (Å²) in [6.45, 7) is 2.05. The molecule has 0 saturated heterocycles. The Balaban J connectivity index is 2.30. The lowest BCUT2D eigenvalue weighted by atomic mass is 10.1. The van der Waals surface area contributed by atoms with Crippen LogP contribution in [0.25, 0.3) is 0 Å². The van der Waals surface area contributed by atoms with Crippen molar-refractivity contribution in [1.82, 2.24) is 20.3 Å². The molecule has 0 bridgehead atoms. The lowest BCUT2D eigenvalue weighted by Crippen LogP contribution is -2.43. The van der Waals surface area contributed by atoms with Gasteiger partial charge in [0.25, 0.3) is 0 Å². The highest BCUT2D eigenvalue weighted by molar-refractivity contribution is 7.98. The first kappa shape index (κ1) is 13.0. The van der Waals surface area contributed by atoms with Gasteiger partial charge in [-0.3, -0.25) is 4.79 Å². The minimum Gasteiger partial charge on any atom is -0.387 e. The Morgan fingerprint density at radius 3 is 3.00 bits per heavy atom. The van der Waals surface area contributed by atoms with Crippen LogP contribution in [-0.2, 0) is 11.3 Å². The van der Waals surface area contributed by atoms with Crippen molar-refractivity contribution < 1.29 is 9.90 Å². The number of aromatic nitrogens is 3. The summed E-state index contributed by atoms with van der Waals surface area (Å²) in [5.74, 6) is 0.392. The third-order valence-corrected chi connectivity index (χ3v) is 2.81. The van der Waals surface area contributed by atoms with E-state index in [1.165, 1.54) is 22.6 Å². The number of hydrogen-bond donors (Lipinski definition) is 2. The Morgan fingerprint density at radius 2 is 2.44 bits per heavy atom. The van der Waals surface area contributed by atoms with Gasteiger partial charge in [-0.1, -0.05) is 5.21 Å². The lowest BCUT2D eigenvalue weighted by molar-refractivity contribution is -0.122. The largest absolute Gasteiger partial charge is 0.387 e. The zero-order valence-electron chi connectivity index (χ0n) is 9.38. The maximum atomic E-state index is 11.4. The molecule has 7 heteroatoms. The van der Waals surface area contributed by atoms with Crippen LogP contribution in [0.1, 0.15) is 6.92 Å². The van der Waals surface area contributed by atoms with Crippen molar-refractivity contribution in [3.05, 3.63) is 12.4 Å².